The van der Waals surface area contributed by atoms with E-state index in [1.807, 2.05) is 6.07 Å². The molecule has 0 bridgehead atoms. The smallest absolute Gasteiger partial charge is 0.322 e. The monoisotopic (exact) mass is 356 g/mol. The first-order valence-electron chi connectivity index (χ1n) is 8.34. The number of aliphatic carboxylic acids is 1. The second-order valence-corrected chi connectivity index (χ2v) is 6.15. The first kappa shape index (κ1) is 16.4. The Morgan fingerprint density at radius 2 is 2.27 bits per heavy atom. The van der Waals surface area contributed by atoms with Gasteiger partial charge < -0.3 is 10.1 Å². The molecule has 3 aromatic heterocycles. The molecule has 1 atom stereocenters. The van der Waals surface area contributed by atoms with Crippen molar-refractivity contribution >= 4 is 22.8 Å². The molecule has 26 heavy (non-hydrogen) atoms. The second kappa shape index (κ2) is 6.68. The summed E-state index contributed by atoms with van der Waals surface area (Å²) in [6.45, 7) is 0.507. The van der Waals surface area contributed by atoms with Crippen LogP contribution in [-0.2, 0) is 4.79 Å². The van der Waals surface area contributed by atoms with Gasteiger partial charge in [-0.05, 0) is 31.4 Å². The highest BCUT2D eigenvalue weighted by molar-refractivity contribution is 5.91. The number of hydrogen-bond acceptors (Lipinski definition) is 6. The largest absolute Gasteiger partial charge is 0.480 e. The van der Waals surface area contributed by atoms with Crippen molar-refractivity contribution in [3.63, 3.8) is 0 Å². The Labute approximate surface area is 148 Å². The summed E-state index contributed by atoms with van der Waals surface area (Å²) in [5, 5.41) is 11.7. The van der Waals surface area contributed by atoms with Gasteiger partial charge in [0.15, 0.2) is 17.5 Å². The molecule has 8 nitrogen and oxygen atoms in total. The van der Waals surface area contributed by atoms with E-state index in [4.69, 9.17) is 0 Å². The van der Waals surface area contributed by atoms with Gasteiger partial charge in [-0.15, -0.1) is 0 Å². The highest BCUT2D eigenvalue weighted by atomic mass is 19.1. The molecule has 0 amide bonds. The van der Waals surface area contributed by atoms with Crippen LogP contribution < -0.4 is 5.43 Å². The number of anilines is 1. The first-order chi connectivity index (χ1) is 12.6. The molecule has 1 fully saturated rings. The van der Waals surface area contributed by atoms with Crippen LogP contribution in [0.1, 0.15) is 19.3 Å². The fourth-order valence-electron chi connectivity index (χ4n) is 3.17. The summed E-state index contributed by atoms with van der Waals surface area (Å²) in [6, 6.07) is 2.96. The lowest BCUT2D eigenvalue weighted by atomic mass is 10.0. The van der Waals surface area contributed by atoms with Crippen LogP contribution in [0.3, 0.4) is 0 Å². The minimum atomic E-state index is -0.936. The van der Waals surface area contributed by atoms with Crippen LogP contribution >= 0.6 is 0 Å². The van der Waals surface area contributed by atoms with Gasteiger partial charge in [-0.1, -0.05) is 0 Å². The van der Waals surface area contributed by atoms with Crippen LogP contribution in [0, 0.1) is 5.82 Å². The number of hydrazine groups is 1. The van der Waals surface area contributed by atoms with E-state index in [-0.39, 0.29) is 5.82 Å². The number of aromatic amines is 1. The molecule has 0 unspecified atom stereocenters. The maximum Gasteiger partial charge on any atom is 0.322 e. The zero-order valence-corrected chi connectivity index (χ0v) is 13.8. The van der Waals surface area contributed by atoms with Crippen LogP contribution in [0.4, 0.5) is 10.2 Å². The number of piperidine rings is 1. The Morgan fingerprint density at radius 3 is 3.12 bits per heavy atom. The van der Waals surface area contributed by atoms with Crippen molar-refractivity contribution < 1.29 is 14.3 Å². The topological polar surface area (TPSA) is 107 Å². The summed E-state index contributed by atoms with van der Waals surface area (Å²) >= 11 is 0. The van der Waals surface area contributed by atoms with Crippen molar-refractivity contribution in [1.82, 2.24) is 24.9 Å². The van der Waals surface area contributed by atoms with E-state index < -0.39 is 17.8 Å². The van der Waals surface area contributed by atoms with E-state index in [0.717, 1.165) is 24.4 Å². The Bertz CT molecular complexity index is 959. The molecule has 0 aliphatic carbocycles. The third-order valence-electron chi connectivity index (χ3n) is 4.47. The summed E-state index contributed by atoms with van der Waals surface area (Å²) in [4.78, 5) is 27.0. The quantitative estimate of drug-likeness (QED) is 0.659. The fraction of sp³-hybridized carbons (Fsp3) is 0.294. The van der Waals surface area contributed by atoms with Gasteiger partial charge in [-0.3, -0.25) is 10.2 Å². The van der Waals surface area contributed by atoms with E-state index in [1.165, 1.54) is 5.01 Å². The van der Waals surface area contributed by atoms with E-state index in [1.54, 1.807) is 18.5 Å². The van der Waals surface area contributed by atoms with Crippen LogP contribution in [0.25, 0.3) is 22.4 Å². The van der Waals surface area contributed by atoms with Gasteiger partial charge in [0.25, 0.3) is 0 Å². The lowest BCUT2D eigenvalue weighted by Gasteiger charge is -2.33. The average molecular weight is 356 g/mol. The molecule has 0 aromatic carbocycles. The van der Waals surface area contributed by atoms with Crippen molar-refractivity contribution in [3.05, 3.63) is 36.5 Å². The Kier molecular flexibility index (Phi) is 4.21. The number of nitrogens with zero attached hydrogens (tertiary/aromatic N) is 4. The highest BCUT2D eigenvalue weighted by Crippen LogP contribution is 2.27. The van der Waals surface area contributed by atoms with Gasteiger partial charge in [-0.2, -0.15) is 0 Å². The molecule has 3 N–H and O–H groups in total. The Balaban J connectivity index is 1.67. The third-order valence-corrected chi connectivity index (χ3v) is 4.47. The highest BCUT2D eigenvalue weighted by Gasteiger charge is 2.29. The molecule has 0 saturated carbocycles. The van der Waals surface area contributed by atoms with Gasteiger partial charge >= 0.3 is 5.97 Å². The zero-order valence-electron chi connectivity index (χ0n) is 13.8. The molecule has 1 saturated heterocycles. The van der Waals surface area contributed by atoms with E-state index in [0.29, 0.717) is 30.0 Å². The van der Waals surface area contributed by atoms with Gasteiger partial charge in [0.05, 0.1) is 6.20 Å². The number of halogens is 1. The van der Waals surface area contributed by atoms with Gasteiger partial charge in [0, 0.05) is 29.9 Å². The number of carboxylic acid groups (broad SMARTS) is 1. The van der Waals surface area contributed by atoms with E-state index >= 15 is 0 Å². The number of carbonyl (C=O) groups is 1. The van der Waals surface area contributed by atoms with Gasteiger partial charge in [0.2, 0.25) is 0 Å². The summed E-state index contributed by atoms with van der Waals surface area (Å²) in [5.74, 6) is -1.28. The summed E-state index contributed by atoms with van der Waals surface area (Å²) < 4.78 is 14.2. The van der Waals surface area contributed by atoms with Crippen LogP contribution in [0.15, 0.2) is 30.7 Å². The summed E-state index contributed by atoms with van der Waals surface area (Å²) in [5.41, 5.74) is 4.22. The standard InChI is InChI=1S/C17H17FN6O2/c18-12-9-21-15(11-8-20-14-10(11)4-3-6-19-14)22-16(12)23-24-7-2-1-5-13(24)17(25)26/h3-4,6,8-9,13H,1-2,5,7H2,(H,19,20)(H,25,26)(H,21,22,23)/t13-/m0/s1. The number of aromatic nitrogens is 4. The van der Waals surface area contributed by atoms with E-state index in [2.05, 4.69) is 25.4 Å². The number of H-pyrrole nitrogens is 1. The number of pyridine rings is 1. The maximum atomic E-state index is 14.2. The van der Waals surface area contributed by atoms with Crippen molar-refractivity contribution in [2.75, 3.05) is 12.0 Å². The normalized spacial score (nSPS) is 18.1. The van der Waals surface area contributed by atoms with Crippen molar-refractivity contribution in [1.29, 1.82) is 0 Å². The number of rotatable bonds is 4. The molecule has 134 valence electrons. The molecule has 9 heteroatoms. The second-order valence-electron chi connectivity index (χ2n) is 6.15. The van der Waals surface area contributed by atoms with E-state index in [9.17, 15) is 14.3 Å². The van der Waals surface area contributed by atoms with Crippen molar-refractivity contribution in [2.24, 2.45) is 0 Å². The molecule has 0 spiro atoms. The first-order valence-corrected chi connectivity index (χ1v) is 8.34. The average Bonchev–Trinajstić information content (AvgIpc) is 3.08. The Hall–Kier alpha value is -3.07. The number of hydrogen-bond donors (Lipinski definition) is 3. The molecular formula is C17H17FN6O2. The minimum Gasteiger partial charge on any atom is -0.480 e. The Morgan fingerprint density at radius 1 is 1.38 bits per heavy atom. The predicted octanol–water partition coefficient (Wildman–Crippen LogP) is 2.42. The molecule has 4 heterocycles. The fourth-order valence-corrected chi connectivity index (χ4v) is 3.17. The summed E-state index contributed by atoms with van der Waals surface area (Å²) in [6.07, 6.45) is 6.65. The maximum absolute atomic E-state index is 14.2. The van der Waals surface area contributed by atoms with Crippen LogP contribution in [0.2, 0.25) is 0 Å². The lowest BCUT2D eigenvalue weighted by molar-refractivity contribution is -0.143. The summed E-state index contributed by atoms with van der Waals surface area (Å²) in [7, 11) is 0. The number of nitrogens with one attached hydrogen (secondary N) is 2. The molecule has 1 aliphatic heterocycles. The zero-order chi connectivity index (χ0) is 18.1. The number of fused-ring (bicyclic) bond motifs is 1. The van der Waals surface area contributed by atoms with Crippen molar-refractivity contribution in [2.45, 2.75) is 25.3 Å². The van der Waals surface area contributed by atoms with Gasteiger partial charge in [0.1, 0.15) is 11.7 Å². The lowest BCUT2D eigenvalue weighted by Crippen LogP contribution is -2.48. The number of carboxylic acids is 1. The van der Waals surface area contributed by atoms with Crippen LogP contribution in [-0.4, -0.2) is 48.6 Å². The van der Waals surface area contributed by atoms with Crippen molar-refractivity contribution in [3.8, 4) is 11.4 Å². The molecule has 0 radical (unpaired) electrons. The molecule has 3 aromatic rings. The van der Waals surface area contributed by atoms with Crippen LogP contribution in [0.5, 0.6) is 0 Å². The molecule has 4 rings (SSSR count). The molecule has 1 aliphatic rings. The minimum absolute atomic E-state index is 0.0404. The molecular weight excluding hydrogens is 339 g/mol. The predicted molar refractivity (Wildman–Crippen MR) is 92.7 cm³/mol. The third kappa shape index (κ3) is 2.97. The SMILES string of the molecule is O=C(O)[C@@H]1CCCCN1Nc1nc(-c2c[nH]c3ncccc23)ncc1F. The van der Waals surface area contributed by atoms with Gasteiger partial charge in [-0.25, -0.2) is 24.4 Å².